The van der Waals surface area contributed by atoms with E-state index in [0.717, 1.165) is 6.42 Å². The van der Waals surface area contributed by atoms with Gasteiger partial charge in [-0.2, -0.15) is 0 Å². The molecule has 0 atom stereocenters. The first-order valence-electron chi connectivity index (χ1n) is 9.17. The van der Waals surface area contributed by atoms with Crippen molar-refractivity contribution in [1.29, 1.82) is 0 Å². The fourth-order valence-electron chi connectivity index (χ4n) is 2.39. The zero-order chi connectivity index (χ0) is 19.8. The summed E-state index contributed by atoms with van der Waals surface area (Å²) < 4.78 is 5.71. The third-order valence-corrected chi connectivity index (χ3v) is 3.77. The Morgan fingerprint density at radius 3 is 2.37 bits per heavy atom. The van der Waals surface area contributed by atoms with Crippen LogP contribution in [-0.4, -0.2) is 29.4 Å². The quantitative estimate of drug-likeness (QED) is 0.740. The van der Waals surface area contributed by atoms with E-state index in [1.165, 1.54) is 12.4 Å². The molecule has 27 heavy (non-hydrogen) atoms. The molecule has 1 aromatic heterocycles. The largest absolute Gasteiger partial charge is 0.489 e. The molecule has 0 unspecified atom stereocenters. The molecule has 2 rings (SSSR count). The third-order valence-electron chi connectivity index (χ3n) is 3.77. The smallest absolute Gasteiger partial charge is 0.257 e. The zero-order valence-corrected chi connectivity index (χ0v) is 16.3. The Kier molecular flexibility index (Phi) is 7.34. The topological polar surface area (TPSA) is 80.3 Å². The highest BCUT2D eigenvalue weighted by molar-refractivity contribution is 6.06. The maximum Gasteiger partial charge on any atom is 0.257 e. The van der Waals surface area contributed by atoms with Crippen LogP contribution in [0.3, 0.4) is 0 Å². The van der Waals surface area contributed by atoms with E-state index in [1.807, 2.05) is 26.0 Å². The lowest BCUT2D eigenvalue weighted by atomic mass is 10.1. The summed E-state index contributed by atoms with van der Waals surface area (Å²) in [5, 5.41) is 5.67. The van der Waals surface area contributed by atoms with Crippen molar-refractivity contribution in [3.8, 4) is 5.75 Å². The molecule has 0 radical (unpaired) electrons. The van der Waals surface area contributed by atoms with Crippen LogP contribution in [0.15, 0.2) is 42.7 Å². The number of amides is 2. The van der Waals surface area contributed by atoms with E-state index in [1.54, 1.807) is 18.2 Å². The van der Waals surface area contributed by atoms with E-state index in [4.69, 9.17) is 4.74 Å². The number of nitrogens with one attached hydrogen (secondary N) is 2. The van der Waals surface area contributed by atoms with E-state index in [0.29, 0.717) is 35.0 Å². The van der Waals surface area contributed by atoms with Crippen molar-refractivity contribution >= 4 is 17.5 Å². The van der Waals surface area contributed by atoms with Gasteiger partial charge in [0.15, 0.2) is 0 Å². The Labute approximate surface area is 160 Å². The Morgan fingerprint density at radius 1 is 1.04 bits per heavy atom. The van der Waals surface area contributed by atoms with E-state index in [2.05, 4.69) is 29.5 Å². The zero-order valence-electron chi connectivity index (χ0n) is 16.3. The number of hydrogen-bond acceptors (Lipinski definition) is 4. The van der Waals surface area contributed by atoms with E-state index < -0.39 is 0 Å². The Balaban J connectivity index is 2.08. The molecule has 0 aliphatic carbocycles. The number of carbonyl (C=O) groups excluding carboxylic acids is 2. The number of ether oxygens (including phenoxy) is 1. The summed E-state index contributed by atoms with van der Waals surface area (Å²) in [5.74, 6) is 0.519. The number of aromatic nitrogens is 1. The first-order chi connectivity index (χ1) is 12.9. The molecule has 0 saturated heterocycles. The lowest BCUT2D eigenvalue weighted by Gasteiger charge is -2.15. The molecule has 1 aromatic carbocycles. The lowest BCUT2D eigenvalue weighted by molar-refractivity contribution is 0.0951. The molecule has 0 aliphatic rings. The number of para-hydroxylation sites is 2. The summed E-state index contributed by atoms with van der Waals surface area (Å²) in [6, 6.07) is 8.77. The first-order valence-corrected chi connectivity index (χ1v) is 9.17. The monoisotopic (exact) mass is 369 g/mol. The summed E-state index contributed by atoms with van der Waals surface area (Å²) in [5.41, 5.74) is 1.24. The van der Waals surface area contributed by atoms with Crippen molar-refractivity contribution in [3.05, 3.63) is 53.9 Å². The van der Waals surface area contributed by atoms with Crippen LogP contribution in [0.5, 0.6) is 5.75 Å². The summed E-state index contributed by atoms with van der Waals surface area (Å²) in [7, 11) is 0. The minimum atomic E-state index is -0.348. The van der Waals surface area contributed by atoms with Crippen molar-refractivity contribution in [3.63, 3.8) is 0 Å². The van der Waals surface area contributed by atoms with E-state index >= 15 is 0 Å². The van der Waals surface area contributed by atoms with Crippen LogP contribution < -0.4 is 15.4 Å². The minimum absolute atomic E-state index is 0.0115. The van der Waals surface area contributed by atoms with Gasteiger partial charge in [-0.05, 0) is 44.4 Å². The van der Waals surface area contributed by atoms with Gasteiger partial charge >= 0.3 is 0 Å². The second-order valence-electron chi connectivity index (χ2n) is 7.02. The number of nitrogens with zero attached hydrogens (tertiary/aromatic N) is 1. The summed E-state index contributed by atoms with van der Waals surface area (Å²) in [6.07, 6.45) is 3.78. The van der Waals surface area contributed by atoms with Gasteiger partial charge in [0.1, 0.15) is 5.75 Å². The first kappa shape index (κ1) is 20.4. The summed E-state index contributed by atoms with van der Waals surface area (Å²) in [6.45, 7) is 8.62. The molecule has 0 aliphatic heterocycles. The average Bonchev–Trinajstić information content (AvgIpc) is 2.62. The Morgan fingerprint density at radius 2 is 1.70 bits per heavy atom. The summed E-state index contributed by atoms with van der Waals surface area (Å²) in [4.78, 5) is 28.9. The van der Waals surface area contributed by atoms with Crippen LogP contribution in [0.4, 0.5) is 5.69 Å². The van der Waals surface area contributed by atoms with Gasteiger partial charge in [-0.25, -0.2) is 0 Å². The van der Waals surface area contributed by atoms with Crippen molar-refractivity contribution in [2.45, 2.75) is 40.2 Å². The fourth-order valence-corrected chi connectivity index (χ4v) is 2.39. The van der Waals surface area contributed by atoms with Crippen molar-refractivity contribution in [1.82, 2.24) is 10.3 Å². The number of carbonyl (C=O) groups is 2. The van der Waals surface area contributed by atoms with Crippen LogP contribution in [0.1, 0.15) is 54.8 Å². The van der Waals surface area contributed by atoms with Crippen LogP contribution >= 0.6 is 0 Å². The standard InChI is InChI=1S/C21H27N3O3/c1-14(2)9-10-23-20(25)16-11-17(13-22-12-16)21(26)24-18-7-5-6-8-19(18)27-15(3)4/h5-8,11-15H,9-10H2,1-4H3,(H,23,25)(H,24,26). The van der Waals surface area contributed by atoms with Crippen LogP contribution in [0.25, 0.3) is 0 Å². The molecule has 2 aromatic rings. The highest BCUT2D eigenvalue weighted by Gasteiger charge is 2.14. The molecule has 0 bridgehead atoms. The Bertz CT molecular complexity index is 788. The van der Waals surface area contributed by atoms with Gasteiger partial charge in [-0.15, -0.1) is 0 Å². The van der Waals surface area contributed by atoms with E-state index in [-0.39, 0.29) is 17.9 Å². The SMILES string of the molecule is CC(C)CCNC(=O)c1cncc(C(=O)Nc2ccccc2OC(C)C)c1. The fraction of sp³-hybridized carbons (Fsp3) is 0.381. The van der Waals surface area contributed by atoms with Crippen molar-refractivity contribution < 1.29 is 14.3 Å². The van der Waals surface area contributed by atoms with Gasteiger partial charge in [-0.1, -0.05) is 26.0 Å². The molecule has 6 heteroatoms. The van der Waals surface area contributed by atoms with Gasteiger partial charge in [0.25, 0.3) is 11.8 Å². The maximum atomic E-state index is 12.6. The predicted octanol–water partition coefficient (Wildman–Crippen LogP) is 3.90. The van der Waals surface area contributed by atoms with Crippen LogP contribution in [-0.2, 0) is 0 Å². The van der Waals surface area contributed by atoms with Crippen molar-refractivity contribution in [2.24, 2.45) is 5.92 Å². The third kappa shape index (κ3) is 6.40. The van der Waals surface area contributed by atoms with Crippen LogP contribution in [0, 0.1) is 5.92 Å². The van der Waals surface area contributed by atoms with Gasteiger partial charge in [0.05, 0.1) is 22.9 Å². The minimum Gasteiger partial charge on any atom is -0.489 e. The second-order valence-corrected chi connectivity index (χ2v) is 7.02. The van der Waals surface area contributed by atoms with Crippen LogP contribution in [0.2, 0.25) is 0 Å². The Hall–Kier alpha value is -2.89. The molecular formula is C21H27N3O3. The number of hydrogen-bond donors (Lipinski definition) is 2. The lowest BCUT2D eigenvalue weighted by Crippen LogP contribution is -2.26. The highest BCUT2D eigenvalue weighted by atomic mass is 16.5. The molecule has 0 saturated carbocycles. The molecule has 144 valence electrons. The van der Waals surface area contributed by atoms with Gasteiger partial charge < -0.3 is 15.4 Å². The highest BCUT2D eigenvalue weighted by Crippen LogP contribution is 2.25. The van der Waals surface area contributed by atoms with E-state index in [9.17, 15) is 9.59 Å². The molecular weight excluding hydrogens is 342 g/mol. The average molecular weight is 369 g/mol. The number of anilines is 1. The van der Waals surface area contributed by atoms with Gasteiger partial charge in [-0.3, -0.25) is 14.6 Å². The molecule has 6 nitrogen and oxygen atoms in total. The second kappa shape index (κ2) is 9.71. The number of benzene rings is 1. The predicted molar refractivity (Wildman–Crippen MR) is 106 cm³/mol. The number of pyridine rings is 1. The molecule has 1 heterocycles. The van der Waals surface area contributed by atoms with Gasteiger partial charge in [0.2, 0.25) is 0 Å². The molecule has 0 spiro atoms. The molecule has 0 fully saturated rings. The van der Waals surface area contributed by atoms with Crippen molar-refractivity contribution in [2.75, 3.05) is 11.9 Å². The van der Waals surface area contributed by atoms with Gasteiger partial charge in [0, 0.05) is 18.9 Å². The normalized spacial score (nSPS) is 10.7. The summed E-state index contributed by atoms with van der Waals surface area (Å²) >= 11 is 0. The maximum absolute atomic E-state index is 12.6. The number of rotatable bonds is 8. The molecule has 2 amide bonds. The molecule has 2 N–H and O–H groups in total.